The van der Waals surface area contributed by atoms with E-state index in [9.17, 15) is 27.6 Å². The van der Waals surface area contributed by atoms with Crippen LogP contribution in [-0.4, -0.2) is 39.7 Å². The summed E-state index contributed by atoms with van der Waals surface area (Å²) in [6.45, 7) is 1.90. The summed E-state index contributed by atoms with van der Waals surface area (Å²) >= 11 is 0. The van der Waals surface area contributed by atoms with Crippen molar-refractivity contribution in [3.63, 3.8) is 0 Å². The molecule has 0 fully saturated rings. The van der Waals surface area contributed by atoms with Crippen LogP contribution < -0.4 is 16.0 Å². The van der Waals surface area contributed by atoms with Crippen LogP contribution >= 0.6 is 0 Å². The van der Waals surface area contributed by atoms with Gasteiger partial charge in [0.2, 0.25) is 0 Å². The normalized spacial score (nSPS) is 11.8. The van der Waals surface area contributed by atoms with Crippen LogP contribution in [0.1, 0.15) is 50.6 Å². The Kier molecular flexibility index (Phi) is 8.42. The van der Waals surface area contributed by atoms with Crippen molar-refractivity contribution >= 4 is 29.3 Å². The number of aromatic amines is 1. The van der Waals surface area contributed by atoms with Gasteiger partial charge in [0.15, 0.2) is 5.82 Å². The third kappa shape index (κ3) is 7.01. The summed E-state index contributed by atoms with van der Waals surface area (Å²) in [7, 11) is 0. The molecule has 1 unspecified atom stereocenters. The summed E-state index contributed by atoms with van der Waals surface area (Å²) in [4.78, 5) is 41.6. The van der Waals surface area contributed by atoms with Crippen molar-refractivity contribution in [3.8, 4) is 0 Å². The number of H-pyrrole nitrogens is 1. The lowest BCUT2D eigenvalue weighted by molar-refractivity contribution is -0.137. The van der Waals surface area contributed by atoms with E-state index in [1.54, 1.807) is 31.2 Å². The Morgan fingerprint density at radius 3 is 2.27 bits per heavy atom. The lowest BCUT2D eigenvalue weighted by atomic mass is 10.0. The summed E-state index contributed by atoms with van der Waals surface area (Å²) in [5.41, 5.74) is 0.314. The number of carbonyl (C=O) groups excluding carboxylic acids is 3. The molecule has 0 aliphatic heterocycles. The fraction of sp³-hybridized carbons (Fsp3) is 0.148. The third-order valence-electron chi connectivity index (χ3n) is 5.54. The van der Waals surface area contributed by atoms with Gasteiger partial charge in [-0.1, -0.05) is 24.3 Å². The zero-order valence-electron chi connectivity index (χ0n) is 21.0. The molecule has 0 aliphatic rings. The third-order valence-corrected chi connectivity index (χ3v) is 5.54. The Labute approximate surface area is 226 Å². The van der Waals surface area contributed by atoms with Gasteiger partial charge in [-0.2, -0.15) is 18.3 Å². The molecule has 0 aliphatic carbocycles. The summed E-state index contributed by atoms with van der Waals surface area (Å²) in [5.74, 6) is -0.911. The summed E-state index contributed by atoms with van der Waals surface area (Å²) in [6, 6.07) is 14.9. The maximum Gasteiger partial charge on any atom is 0.416 e. The van der Waals surface area contributed by atoms with Crippen molar-refractivity contribution < 1.29 is 32.3 Å². The molecule has 13 heteroatoms. The number of alkyl halides is 3. The van der Waals surface area contributed by atoms with E-state index in [0.717, 1.165) is 12.1 Å². The number of ether oxygens (including phenoxy) is 1. The van der Waals surface area contributed by atoms with Crippen molar-refractivity contribution in [1.82, 2.24) is 20.5 Å². The molecule has 206 valence electrons. The van der Waals surface area contributed by atoms with Gasteiger partial charge in [0.1, 0.15) is 12.4 Å². The van der Waals surface area contributed by atoms with E-state index in [1.807, 2.05) is 0 Å². The average Bonchev–Trinajstić information content (AvgIpc) is 3.46. The number of hydrogen-bond donors (Lipinski definition) is 4. The van der Waals surface area contributed by atoms with E-state index < -0.39 is 35.7 Å². The number of anilines is 2. The van der Waals surface area contributed by atoms with Gasteiger partial charge in [-0.25, -0.2) is 14.6 Å². The number of urea groups is 1. The smallest absolute Gasteiger partial charge is 0.416 e. The van der Waals surface area contributed by atoms with Gasteiger partial charge < -0.3 is 20.7 Å². The highest BCUT2D eigenvalue weighted by Gasteiger charge is 2.31. The number of benzene rings is 3. The van der Waals surface area contributed by atoms with Crippen LogP contribution in [0.25, 0.3) is 0 Å². The molecule has 0 saturated heterocycles. The zero-order chi connectivity index (χ0) is 28.7. The minimum Gasteiger partial charge on any atom is -0.462 e. The highest BCUT2D eigenvalue weighted by molar-refractivity contribution is 6.05. The fourth-order valence-corrected chi connectivity index (χ4v) is 3.74. The van der Waals surface area contributed by atoms with E-state index in [-0.39, 0.29) is 34.8 Å². The van der Waals surface area contributed by atoms with E-state index in [2.05, 4.69) is 31.1 Å². The number of nitrogens with one attached hydrogen (secondary N) is 4. The second-order valence-corrected chi connectivity index (χ2v) is 8.36. The molecule has 0 radical (unpaired) electrons. The van der Waals surface area contributed by atoms with Crippen LogP contribution in [0, 0.1) is 0 Å². The number of aromatic nitrogens is 3. The second-order valence-electron chi connectivity index (χ2n) is 8.36. The predicted molar refractivity (Wildman–Crippen MR) is 139 cm³/mol. The Balaban J connectivity index is 1.47. The van der Waals surface area contributed by atoms with Gasteiger partial charge in [-0.15, -0.1) is 0 Å². The summed E-state index contributed by atoms with van der Waals surface area (Å²) < 4.78 is 44.8. The maximum absolute atomic E-state index is 13.3. The highest BCUT2D eigenvalue weighted by Crippen LogP contribution is 2.31. The van der Waals surface area contributed by atoms with Crippen LogP contribution in [0.15, 0.2) is 79.1 Å². The van der Waals surface area contributed by atoms with Crippen LogP contribution in [0.4, 0.5) is 29.3 Å². The standard InChI is InChI=1S/C27H23F3N6O4/c1-2-40-25(38)18-8-5-10-20(14-18)33-24(37)17-7-4-11-21(13-17)34-26(39)35-22(23-31-15-32-36-23)16-6-3-9-19(12-16)27(28,29)30/h3-15,22H,2H2,1H3,(H,33,37)(H,31,32,36)(H2,34,35,39). The average molecular weight is 553 g/mol. The van der Waals surface area contributed by atoms with E-state index >= 15 is 0 Å². The van der Waals surface area contributed by atoms with Crippen molar-refractivity contribution in [2.75, 3.05) is 17.2 Å². The molecule has 4 rings (SSSR count). The molecule has 1 atom stereocenters. The summed E-state index contributed by atoms with van der Waals surface area (Å²) in [5, 5.41) is 14.1. The minimum absolute atomic E-state index is 0.118. The largest absolute Gasteiger partial charge is 0.462 e. The van der Waals surface area contributed by atoms with Crippen LogP contribution in [0.2, 0.25) is 0 Å². The number of amides is 3. The highest BCUT2D eigenvalue weighted by atomic mass is 19.4. The lowest BCUT2D eigenvalue weighted by Gasteiger charge is -2.19. The van der Waals surface area contributed by atoms with Crippen molar-refractivity contribution in [2.45, 2.75) is 19.1 Å². The minimum atomic E-state index is -4.58. The SMILES string of the molecule is CCOC(=O)c1cccc(NC(=O)c2cccc(NC(=O)NC(c3cccc(C(F)(F)F)c3)c3ncn[nH]3)c2)c1. The molecule has 40 heavy (non-hydrogen) atoms. The molecule has 0 bridgehead atoms. The molecule has 4 N–H and O–H groups in total. The Morgan fingerprint density at radius 1 is 0.925 bits per heavy atom. The monoisotopic (exact) mass is 552 g/mol. The van der Waals surface area contributed by atoms with Gasteiger partial charge in [0.25, 0.3) is 5.91 Å². The Bertz CT molecular complexity index is 1510. The lowest BCUT2D eigenvalue weighted by Crippen LogP contribution is -2.34. The van der Waals surface area contributed by atoms with Gasteiger partial charge in [-0.3, -0.25) is 9.89 Å². The maximum atomic E-state index is 13.3. The van der Waals surface area contributed by atoms with Crippen LogP contribution in [0.5, 0.6) is 0 Å². The zero-order valence-corrected chi connectivity index (χ0v) is 21.0. The Hall–Kier alpha value is -5.20. The molecule has 4 aromatic rings. The number of carbonyl (C=O) groups is 3. The van der Waals surface area contributed by atoms with Gasteiger partial charge in [0.05, 0.1) is 17.7 Å². The molecule has 3 amide bonds. The van der Waals surface area contributed by atoms with E-state index in [4.69, 9.17) is 4.74 Å². The molecule has 10 nitrogen and oxygen atoms in total. The molecule has 3 aromatic carbocycles. The molecule has 1 aromatic heterocycles. The molecule has 0 saturated carbocycles. The van der Waals surface area contributed by atoms with E-state index in [1.165, 1.54) is 42.7 Å². The molecular formula is C27H23F3N6O4. The number of hydrogen-bond acceptors (Lipinski definition) is 6. The number of esters is 1. The van der Waals surface area contributed by atoms with Crippen molar-refractivity contribution in [2.24, 2.45) is 0 Å². The first kappa shape index (κ1) is 27.8. The first-order valence-electron chi connectivity index (χ1n) is 11.9. The van der Waals surface area contributed by atoms with Crippen LogP contribution in [-0.2, 0) is 10.9 Å². The molecule has 1 heterocycles. The molecular weight excluding hydrogens is 529 g/mol. The second kappa shape index (κ2) is 12.1. The molecule has 0 spiro atoms. The fourth-order valence-electron chi connectivity index (χ4n) is 3.74. The van der Waals surface area contributed by atoms with Gasteiger partial charge in [0, 0.05) is 16.9 Å². The van der Waals surface area contributed by atoms with E-state index in [0.29, 0.717) is 5.69 Å². The Morgan fingerprint density at radius 2 is 1.60 bits per heavy atom. The number of halogens is 3. The van der Waals surface area contributed by atoms with Crippen molar-refractivity contribution in [1.29, 1.82) is 0 Å². The first-order chi connectivity index (χ1) is 19.1. The first-order valence-corrected chi connectivity index (χ1v) is 11.9. The van der Waals surface area contributed by atoms with Crippen molar-refractivity contribution in [3.05, 3.63) is 107 Å². The predicted octanol–water partition coefficient (Wildman–Crippen LogP) is 5.16. The number of rotatable bonds is 8. The summed E-state index contributed by atoms with van der Waals surface area (Å²) in [6.07, 6.45) is -3.41. The van der Waals surface area contributed by atoms with Crippen LogP contribution in [0.3, 0.4) is 0 Å². The van der Waals surface area contributed by atoms with Gasteiger partial charge in [-0.05, 0) is 61.0 Å². The van der Waals surface area contributed by atoms with Gasteiger partial charge >= 0.3 is 18.2 Å². The topological polar surface area (TPSA) is 138 Å². The number of nitrogens with zero attached hydrogens (tertiary/aromatic N) is 2. The quantitative estimate of drug-likeness (QED) is 0.223.